The third kappa shape index (κ3) is 1.77. The van der Waals surface area contributed by atoms with E-state index in [0.29, 0.717) is 0 Å². The Morgan fingerprint density at radius 2 is 1.92 bits per heavy atom. The predicted molar refractivity (Wildman–Crippen MR) is 56.5 cm³/mol. The van der Waals surface area contributed by atoms with Crippen molar-refractivity contribution in [3.05, 3.63) is 24.3 Å². The molecule has 2 saturated heterocycles. The summed E-state index contributed by atoms with van der Waals surface area (Å²) >= 11 is 2.23. The fourth-order valence-corrected chi connectivity index (χ4v) is 4.02. The minimum absolute atomic E-state index is 0.934. The van der Waals surface area contributed by atoms with E-state index in [1.54, 1.807) is 5.57 Å². The molecule has 2 aliphatic rings. The molecule has 66 valence electrons. The first kappa shape index (κ1) is 8.43. The minimum atomic E-state index is 0.934. The Kier molecular flexibility index (Phi) is 2.60. The summed E-state index contributed by atoms with van der Waals surface area (Å²) in [5.41, 5.74) is 1.64. The zero-order chi connectivity index (χ0) is 8.39. The molecule has 0 saturated carbocycles. The van der Waals surface area contributed by atoms with E-state index in [4.69, 9.17) is 0 Å². The van der Waals surface area contributed by atoms with E-state index >= 15 is 0 Å². The molecule has 0 aromatic carbocycles. The topological polar surface area (TPSA) is 0 Å². The van der Waals surface area contributed by atoms with Gasteiger partial charge < -0.3 is 0 Å². The highest BCUT2D eigenvalue weighted by Crippen LogP contribution is 2.43. The Bertz CT molecular complexity index is 191. The second kappa shape index (κ2) is 3.69. The maximum absolute atomic E-state index is 3.77. The fraction of sp³-hybridized carbons (Fsp3) is 0.636. The van der Waals surface area contributed by atoms with Crippen molar-refractivity contribution in [2.75, 3.05) is 0 Å². The summed E-state index contributed by atoms with van der Waals surface area (Å²) in [6, 6.07) is 0. The van der Waals surface area contributed by atoms with Gasteiger partial charge in [-0.15, -0.1) is 0 Å². The normalized spacial score (nSPS) is 34.5. The first-order valence-electron chi connectivity index (χ1n) is 4.84. The van der Waals surface area contributed by atoms with E-state index in [2.05, 4.69) is 24.4 Å². The van der Waals surface area contributed by atoms with Crippen LogP contribution in [0, 0.1) is 0 Å². The molecule has 12 heavy (non-hydrogen) atoms. The predicted octanol–water partition coefficient (Wildman–Crippen LogP) is 3.55. The van der Waals surface area contributed by atoms with E-state index in [0.717, 1.165) is 10.5 Å². The van der Waals surface area contributed by atoms with Gasteiger partial charge in [0.1, 0.15) is 0 Å². The summed E-state index contributed by atoms with van der Waals surface area (Å²) in [7, 11) is 0. The quantitative estimate of drug-likeness (QED) is 0.594. The molecule has 0 amide bonds. The standard InChI is InChI=1S/C11H16S/c1-2-4-9-7-10-5-3-6-11(8-9)12-10/h2,4,10-11H,1,3,5-8H2. The molecule has 1 heteroatoms. The van der Waals surface area contributed by atoms with E-state index in [1.165, 1.54) is 32.1 Å². The van der Waals surface area contributed by atoms with Gasteiger partial charge in [-0.1, -0.05) is 30.7 Å². The van der Waals surface area contributed by atoms with Crippen LogP contribution in [0.2, 0.25) is 0 Å². The molecule has 2 heterocycles. The number of rotatable bonds is 1. The fourth-order valence-electron chi connectivity index (χ4n) is 2.25. The summed E-state index contributed by atoms with van der Waals surface area (Å²) in [4.78, 5) is 0. The lowest BCUT2D eigenvalue weighted by Gasteiger charge is -2.35. The van der Waals surface area contributed by atoms with Crippen LogP contribution in [0.1, 0.15) is 32.1 Å². The van der Waals surface area contributed by atoms with Gasteiger partial charge in [-0.2, -0.15) is 11.8 Å². The smallest absolute Gasteiger partial charge is 0.00872 e. The number of allylic oxidation sites excluding steroid dienone is 3. The van der Waals surface area contributed by atoms with Crippen LogP contribution in [0.25, 0.3) is 0 Å². The molecule has 0 spiro atoms. The van der Waals surface area contributed by atoms with Gasteiger partial charge in [0.25, 0.3) is 0 Å². The Morgan fingerprint density at radius 1 is 1.25 bits per heavy atom. The van der Waals surface area contributed by atoms with Crippen molar-refractivity contribution in [1.82, 2.24) is 0 Å². The number of fused-ring (bicyclic) bond motifs is 2. The highest BCUT2D eigenvalue weighted by Gasteiger charge is 2.28. The van der Waals surface area contributed by atoms with Gasteiger partial charge in [0.05, 0.1) is 0 Å². The molecule has 0 nitrogen and oxygen atoms in total. The van der Waals surface area contributed by atoms with Crippen LogP contribution < -0.4 is 0 Å². The SMILES string of the molecule is C=CC=C1CC2CCCC(C1)S2. The summed E-state index contributed by atoms with van der Waals surface area (Å²) in [5, 5.41) is 1.87. The highest BCUT2D eigenvalue weighted by atomic mass is 32.2. The van der Waals surface area contributed by atoms with Crippen molar-refractivity contribution in [1.29, 1.82) is 0 Å². The summed E-state index contributed by atoms with van der Waals surface area (Å²) in [6.45, 7) is 3.77. The molecule has 2 fully saturated rings. The van der Waals surface area contributed by atoms with Gasteiger partial charge in [0.15, 0.2) is 0 Å². The van der Waals surface area contributed by atoms with Gasteiger partial charge in [0.2, 0.25) is 0 Å². The Balaban J connectivity index is 2.05. The van der Waals surface area contributed by atoms with E-state index in [9.17, 15) is 0 Å². The zero-order valence-electron chi connectivity index (χ0n) is 7.46. The van der Waals surface area contributed by atoms with Crippen molar-refractivity contribution >= 4 is 11.8 Å². The van der Waals surface area contributed by atoms with Crippen LogP contribution in [0.3, 0.4) is 0 Å². The number of thioether (sulfide) groups is 1. The van der Waals surface area contributed by atoms with Crippen LogP contribution in [0.15, 0.2) is 24.3 Å². The molecule has 2 bridgehead atoms. The Hall–Kier alpha value is -0.170. The van der Waals surface area contributed by atoms with E-state index < -0.39 is 0 Å². The second-order valence-corrected chi connectivity index (χ2v) is 5.39. The number of hydrogen-bond acceptors (Lipinski definition) is 1. The molecule has 2 atom stereocenters. The third-order valence-corrected chi connectivity index (χ3v) is 4.34. The van der Waals surface area contributed by atoms with E-state index in [-0.39, 0.29) is 0 Å². The average Bonchev–Trinajstić information content (AvgIpc) is 2.04. The van der Waals surface area contributed by atoms with Gasteiger partial charge in [-0.3, -0.25) is 0 Å². The van der Waals surface area contributed by atoms with Crippen LogP contribution >= 0.6 is 11.8 Å². The van der Waals surface area contributed by atoms with Crippen molar-refractivity contribution < 1.29 is 0 Å². The molecule has 0 aromatic heterocycles. The van der Waals surface area contributed by atoms with Gasteiger partial charge >= 0.3 is 0 Å². The molecule has 2 unspecified atom stereocenters. The first-order valence-corrected chi connectivity index (χ1v) is 5.78. The van der Waals surface area contributed by atoms with Crippen LogP contribution in [-0.4, -0.2) is 10.5 Å². The minimum Gasteiger partial charge on any atom is -0.154 e. The summed E-state index contributed by atoms with van der Waals surface area (Å²) in [6.07, 6.45) is 11.2. The van der Waals surface area contributed by atoms with Gasteiger partial charge in [0, 0.05) is 10.5 Å². The molecular formula is C11H16S. The monoisotopic (exact) mass is 180 g/mol. The largest absolute Gasteiger partial charge is 0.154 e. The van der Waals surface area contributed by atoms with Crippen molar-refractivity contribution in [2.45, 2.75) is 42.6 Å². The molecule has 2 rings (SSSR count). The lowest BCUT2D eigenvalue weighted by molar-refractivity contribution is 0.553. The van der Waals surface area contributed by atoms with Gasteiger partial charge in [-0.25, -0.2) is 0 Å². The lowest BCUT2D eigenvalue weighted by atomic mass is 9.94. The number of hydrogen-bond donors (Lipinski definition) is 0. The summed E-state index contributed by atoms with van der Waals surface area (Å²) in [5.74, 6) is 0. The zero-order valence-corrected chi connectivity index (χ0v) is 8.28. The maximum atomic E-state index is 3.77. The Labute approximate surface area is 79.1 Å². The maximum Gasteiger partial charge on any atom is 0.00872 e. The highest BCUT2D eigenvalue weighted by molar-refractivity contribution is 8.00. The average molecular weight is 180 g/mol. The third-order valence-electron chi connectivity index (χ3n) is 2.77. The van der Waals surface area contributed by atoms with E-state index in [1.807, 2.05) is 6.08 Å². The molecule has 2 aliphatic heterocycles. The van der Waals surface area contributed by atoms with Crippen LogP contribution in [0.4, 0.5) is 0 Å². The second-order valence-electron chi connectivity index (χ2n) is 3.78. The van der Waals surface area contributed by atoms with Crippen LogP contribution in [-0.2, 0) is 0 Å². The van der Waals surface area contributed by atoms with Gasteiger partial charge in [-0.05, 0) is 25.7 Å². The molecule has 0 aliphatic carbocycles. The first-order chi connectivity index (χ1) is 5.88. The van der Waals surface area contributed by atoms with Crippen molar-refractivity contribution in [3.8, 4) is 0 Å². The summed E-state index contributed by atoms with van der Waals surface area (Å²) < 4.78 is 0. The Morgan fingerprint density at radius 3 is 2.50 bits per heavy atom. The molecule has 0 radical (unpaired) electrons. The van der Waals surface area contributed by atoms with Crippen molar-refractivity contribution in [2.24, 2.45) is 0 Å². The molecule has 0 N–H and O–H groups in total. The molecular weight excluding hydrogens is 164 g/mol. The molecule has 0 aromatic rings. The van der Waals surface area contributed by atoms with Crippen LogP contribution in [0.5, 0.6) is 0 Å². The lowest BCUT2D eigenvalue weighted by Crippen LogP contribution is -2.24. The van der Waals surface area contributed by atoms with Crippen molar-refractivity contribution in [3.63, 3.8) is 0 Å².